The van der Waals surface area contributed by atoms with Crippen LogP contribution in [0.5, 0.6) is 0 Å². The second kappa shape index (κ2) is 6.69. The fourth-order valence-electron chi connectivity index (χ4n) is 2.75. The molecule has 1 aliphatic rings. The molecule has 1 aromatic heterocycles. The number of nitrogens with two attached hydrogens (primary N) is 1. The average molecular weight is 267 g/mol. The first-order valence-corrected chi connectivity index (χ1v) is 8.09. The summed E-state index contributed by atoms with van der Waals surface area (Å²) in [4.78, 5) is 0. The van der Waals surface area contributed by atoms with Crippen LogP contribution in [0, 0.1) is 5.92 Å². The lowest BCUT2D eigenvalue weighted by Crippen LogP contribution is -2.35. The molecule has 0 aliphatic heterocycles. The molecule has 2 rings (SSSR count). The standard InChI is InChI=1S/C15H25NOS/c1-3-13(16)15(12-8-9-18-10-12)17-14-7-5-4-6-11(14)2/h8-11,13-15H,3-7,16H2,1-2H3. The monoisotopic (exact) mass is 267 g/mol. The van der Waals surface area contributed by atoms with Gasteiger partial charge in [0, 0.05) is 6.04 Å². The number of ether oxygens (including phenoxy) is 1. The predicted octanol–water partition coefficient (Wildman–Crippen LogP) is 4.12. The first kappa shape index (κ1) is 14.0. The average Bonchev–Trinajstić information content (AvgIpc) is 2.90. The van der Waals surface area contributed by atoms with Crippen molar-refractivity contribution in [3.8, 4) is 0 Å². The molecular formula is C15H25NOS. The highest BCUT2D eigenvalue weighted by molar-refractivity contribution is 7.07. The van der Waals surface area contributed by atoms with Gasteiger partial charge in [-0.2, -0.15) is 11.3 Å². The van der Waals surface area contributed by atoms with Gasteiger partial charge in [-0.25, -0.2) is 0 Å². The van der Waals surface area contributed by atoms with E-state index in [1.54, 1.807) is 11.3 Å². The van der Waals surface area contributed by atoms with Gasteiger partial charge in [0.2, 0.25) is 0 Å². The zero-order valence-electron chi connectivity index (χ0n) is 11.5. The molecule has 102 valence electrons. The highest BCUT2D eigenvalue weighted by Crippen LogP contribution is 2.33. The topological polar surface area (TPSA) is 35.2 Å². The van der Waals surface area contributed by atoms with Crippen LogP contribution in [-0.2, 0) is 4.74 Å². The van der Waals surface area contributed by atoms with E-state index in [1.807, 2.05) is 0 Å². The third kappa shape index (κ3) is 3.34. The number of thiophene rings is 1. The summed E-state index contributed by atoms with van der Waals surface area (Å²) in [5.41, 5.74) is 7.51. The van der Waals surface area contributed by atoms with Gasteiger partial charge in [-0.3, -0.25) is 0 Å². The lowest BCUT2D eigenvalue weighted by Gasteiger charge is -2.34. The molecule has 18 heavy (non-hydrogen) atoms. The smallest absolute Gasteiger partial charge is 0.0987 e. The van der Waals surface area contributed by atoms with Crippen molar-refractivity contribution in [3.05, 3.63) is 22.4 Å². The van der Waals surface area contributed by atoms with Gasteiger partial charge in [0.1, 0.15) is 0 Å². The van der Waals surface area contributed by atoms with Gasteiger partial charge < -0.3 is 10.5 Å². The van der Waals surface area contributed by atoms with Crippen molar-refractivity contribution in [2.45, 2.75) is 64.2 Å². The first-order chi connectivity index (χ1) is 8.72. The maximum Gasteiger partial charge on any atom is 0.0987 e. The van der Waals surface area contributed by atoms with Crippen molar-refractivity contribution < 1.29 is 4.74 Å². The quantitative estimate of drug-likeness (QED) is 0.871. The Bertz CT molecular complexity index is 338. The minimum absolute atomic E-state index is 0.0757. The predicted molar refractivity (Wildman–Crippen MR) is 77.8 cm³/mol. The van der Waals surface area contributed by atoms with E-state index in [1.165, 1.54) is 31.2 Å². The summed E-state index contributed by atoms with van der Waals surface area (Å²) in [7, 11) is 0. The lowest BCUT2D eigenvalue weighted by molar-refractivity contribution is -0.0675. The minimum atomic E-state index is 0.0757. The van der Waals surface area contributed by atoms with E-state index in [9.17, 15) is 0 Å². The Balaban J connectivity index is 2.05. The van der Waals surface area contributed by atoms with Crippen molar-refractivity contribution in [1.29, 1.82) is 0 Å². The number of rotatable bonds is 5. The molecule has 0 amide bonds. The van der Waals surface area contributed by atoms with Crippen molar-refractivity contribution >= 4 is 11.3 Å². The van der Waals surface area contributed by atoms with Gasteiger partial charge >= 0.3 is 0 Å². The van der Waals surface area contributed by atoms with Crippen molar-refractivity contribution in [2.24, 2.45) is 11.7 Å². The summed E-state index contributed by atoms with van der Waals surface area (Å²) in [6, 6.07) is 2.26. The van der Waals surface area contributed by atoms with E-state index in [0.717, 1.165) is 6.42 Å². The van der Waals surface area contributed by atoms with Crippen LogP contribution in [0.4, 0.5) is 0 Å². The van der Waals surface area contributed by atoms with Crippen LogP contribution in [-0.4, -0.2) is 12.1 Å². The summed E-state index contributed by atoms with van der Waals surface area (Å²) < 4.78 is 6.38. The molecule has 1 aliphatic carbocycles. The fraction of sp³-hybridized carbons (Fsp3) is 0.733. The Labute approximate surface area is 115 Å². The molecule has 0 radical (unpaired) electrons. The molecule has 0 bridgehead atoms. The Morgan fingerprint density at radius 1 is 1.44 bits per heavy atom. The Kier molecular flexibility index (Phi) is 5.22. The van der Waals surface area contributed by atoms with Gasteiger partial charge in [0.15, 0.2) is 0 Å². The van der Waals surface area contributed by atoms with Gasteiger partial charge in [-0.05, 0) is 47.6 Å². The Morgan fingerprint density at radius 3 is 2.83 bits per heavy atom. The van der Waals surface area contributed by atoms with Crippen molar-refractivity contribution in [3.63, 3.8) is 0 Å². The highest BCUT2D eigenvalue weighted by Gasteiger charge is 2.28. The largest absolute Gasteiger partial charge is 0.368 e. The maximum absolute atomic E-state index is 6.38. The third-order valence-corrected chi connectivity index (χ3v) is 4.79. The zero-order valence-corrected chi connectivity index (χ0v) is 12.3. The number of hydrogen-bond donors (Lipinski definition) is 1. The molecule has 1 saturated carbocycles. The summed E-state index contributed by atoms with van der Waals surface area (Å²) in [6.07, 6.45) is 6.56. The van der Waals surface area contributed by atoms with Crippen LogP contribution >= 0.6 is 11.3 Å². The molecule has 3 heteroatoms. The molecule has 1 heterocycles. The van der Waals surface area contributed by atoms with Crippen molar-refractivity contribution in [2.75, 3.05) is 0 Å². The fourth-order valence-corrected chi connectivity index (χ4v) is 3.43. The van der Waals surface area contributed by atoms with E-state index in [4.69, 9.17) is 10.5 Å². The van der Waals surface area contributed by atoms with E-state index in [2.05, 4.69) is 30.7 Å². The maximum atomic E-state index is 6.38. The van der Waals surface area contributed by atoms with E-state index in [-0.39, 0.29) is 12.1 Å². The lowest BCUT2D eigenvalue weighted by atomic mass is 9.87. The van der Waals surface area contributed by atoms with Crippen LogP contribution < -0.4 is 5.73 Å². The highest BCUT2D eigenvalue weighted by atomic mass is 32.1. The molecule has 4 unspecified atom stereocenters. The molecular weight excluding hydrogens is 242 g/mol. The van der Waals surface area contributed by atoms with E-state index < -0.39 is 0 Å². The molecule has 1 aromatic rings. The Hall–Kier alpha value is -0.380. The number of hydrogen-bond acceptors (Lipinski definition) is 3. The molecule has 4 atom stereocenters. The van der Waals surface area contributed by atoms with Gasteiger partial charge in [0.25, 0.3) is 0 Å². The first-order valence-electron chi connectivity index (χ1n) is 7.15. The second-order valence-corrected chi connectivity index (χ2v) is 6.27. The SMILES string of the molecule is CCC(N)C(OC1CCCCC1C)c1ccsc1. The van der Waals surface area contributed by atoms with Crippen LogP contribution in [0.1, 0.15) is 57.6 Å². The third-order valence-electron chi connectivity index (χ3n) is 4.09. The second-order valence-electron chi connectivity index (χ2n) is 5.49. The van der Waals surface area contributed by atoms with Crippen LogP contribution in [0.25, 0.3) is 0 Å². The Morgan fingerprint density at radius 2 is 2.22 bits per heavy atom. The summed E-state index contributed by atoms with van der Waals surface area (Å²) in [6.45, 7) is 4.45. The zero-order chi connectivity index (χ0) is 13.0. The van der Waals surface area contributed by atoms with Crippen LogP contribution in [0.15, 0.2) is 16.8 Å². The van der Waals surface area contributed by atoms with Crippen LogP contribution in [0.2, 0.25) is 0 Å². The molecule has 0 aromatic carbocycles. The minimum Gasteiger partial charge on any atom is -0.368 e. The molecule has 2 nitrogen and oxygen atoms in total. The summed E-state index contributed by atoms with van der Waals surface area (Å²) in [5, 5.41) is 4.28. The van der Waals surface area contributed by atoms with E-state index in [0.29, 0.717) is 12.0 Å². The normalized spacial score (nSPS) is 27.9. The van der Waals surface area contributed by atoms with Crippen molar-refractivity contribution in [1.82, 2.24) is 0 Å². The molecule has 0 spiro atoms. The molecule has 1 fully saturated rings. The summed E-state index contributed by atoms with van der Waals surface area (Å²) in [5.74, 6) is 0.670. The van der Waals surface area contributed by atoms with Gasteiger partial charge in [0.05, 0.1) is 12.2 Å². The van der Waals surface area contributed by atoms with Crippen LogP contribution in [0.3, 0.4) is 0 Å². The molecule has 2 N–H and O–H groups in total. The van der Waals surface area contributed by atoms with E-state index >= 15 is 0 Å². The van der Waals surface area contributed by atoms with Gasteiger partial charge in [-0.15, -0.1) is 0 Å². The van der Waals surface area contributed by atoms with Gasteiger partial charge in [-0.1, -0.05) is 26.7 Å². The summed E-state index contributed by atoms with van der Waals surface area (Å²) >= 11 is 1.72. The molecule has 0 saturated heterocycles.